The van der Waals surface area contributed by atoms with Crippen LogP contribution in [-0.4, -0.2) is 30.4 Å². The molecule has 0 amide bonds. The number of aromatic amines is 1. The fourth-order valence-corrected chi connectivity index (χ4v) is 2.66. The Morgan fingerprint density at radius 1 is 1.00 bits per heavy atom. The van der Waals surface area contributed by atoms with Crippen molar-refractivity contribution in [3.8, 4) is 0 Å². The van der Waals surface area contributed by atoms with Gasteiger partial charge in [-0.3, -0.25) is 4.79 Å². The van der Waals surface area contributed by atoms with Crippen LogP contribution in [0.2, 0.25) is 0 Å². The summed E-state index contributed by atoms with van der Waals surface area (Å²) in [6.07, 6.45) is -8.39. The number of hydrogen-bond donors (Lipinski definition) is 1. The number of rotatable bonds is 5. The molecule has 2 aromatic rings. The number of anilines is 1. The van der Waals surface area contributed by atoms with E-state index in [0.29, 0.717) is 29.3 Å². The number of alkyl halides is 6. The Bertz CT molecular complexity index is 778. The quantitative estimate of drug-likeness (QED) is 0.796. The highest BCUT2D eigenvalue weighted by atomic mass is 19.4. The van der Waals surface area contributed by atoms with E-state index in [1.165, 1.54) is 18.2 Å². The zero-order chi connectivity index (χ0) is 18.8. The van der Waals surface area contributed by atoms with Gasteiger partial charge in [-0.2, -0.15) is 26.3 Å². The monoisotopic (exact) mass is 366 g/mol. The summed E-state index contributed by atoms with van der Waals surface area (Å²) in [5.74, 6) is 0. The predicted molar refractivity (Wildman–Crippen MR) is 82.9 cm³/mol. The van der Waals surface area contributed by atoms with E-state index in [1.807, 2.05) is 6.92 Å². The topological polar surface area (TPSA) is 36.1 Å². The molecule has 0 bridgehead atoms. The normalized spacial score (nSPS) is 12.6. The Kier molecular flexibility index (Phi) is 5.34. The average Bonchev–Trinajstić information content (AvgIpc) is 2.43. The molecule has 1 aromatic heterocycles. The van der Waals surface area contributed by atoms with Gasteiger partial charge in [0.05, 0.1) is 0 Å². The highest BCUT2D eigenvalue weighted by Crippen LogP contribution is 2.29. The Morgan fingerprint density at radius 2 is 1.60 bits per heavy atom. The Balaban J connectivity index is 2.53. The van der Waals surface area contributed by atoms with Crippen LogP contribution in [0, 0.1) is 0 Å². The van der Waals surface area contributed by atoms with Gasteiger partial charge in [-0.05, 0) is 30.2 Å². The number of aromatic nitrogens is 1. The predicted octanol–water partition coefficient (Wildman–Crippen LogP) is 4.41. The van der Waals surface area contributed by atoms with Gasteiger partial charge in [0.1, 0.15) is 13.1 Å². The van der Waals surface area contributed by atoms with Crippen molar-refractivity contribution in [3.05, 3.63) is 40.2 Å². The van der Waals surface area contributed by atoms with Crippen molar-refractivity contribution >= 4 is 16.6 Å². The lowest BCUT2D eigenvalue weighted by atomic mass is 10.0. The SMILES string of the molecule is CCCc1cc(=O)[nH]c2ccc(N(CC(F)(F)F)CC(F)(F)F)cc12. The number of fused-ring (bicyclic) bond motifs is 1. The number of nitrogens with zero attached hydrogens (tertiary/aromatic N) is 1. The number of nitrogens with one attached hydrogen (secondary N) is 1. The molecule has 0 unspecified atom stereocenters. The minimum atomic E-state index is -4.78. The fraction of sp³-hybridized carbons (Fsp3) is 0.438. The summed E-state index contributed by atoms with van der Waals surface area (Å²) < 4.78 is 76.1. The van der Waals surface area contributed by atoms with Crippen LogP contribution in [0.5, 0.6) is 0 Å². The number of hydrogen-bond acceptors (Lipinski definition) is 2. The molecule has 0 aliphatic carbocycles. The van der Waals surface area contributed by atoms with Gasteiger partial charge >= 0.3 is 12.4 Å². The minimum absolute atomic E-state index is 0.202. The molecular weight excluding hydrogens is 350 g/mol. The zero-order valence-electron chi connectivity index (χ0n) is 13.3. The van der Waals surface area contributed by atoms with Crippen LogP contribution in [0.25, 0.3) is 10.9 Å². The maximum Gasteiger partial charge on any atom is 0.405 e. The first-order valence-corrected chi connectivity index (χ1v) is 7.53. The summed E-state index contributed by atoms with van der Waals surface area (Å²) in [7, 11) is 0. The average molecular weight is 366 g/mol. The van der Waals surface area contributed by atoms with Crippen LogP contribution >= 0.6 is 0 Å². The van der Waals surface area contributed by atoms with Crippen LogP contribution in [0.3, 0.4) is 0 Å². The maximum atomic E-state index is 12.7. The summed E-state index contributed by atoms with van der Waals surface area (Å²) in [5, 5.41) is 0.438. The third kappa shape index (κ3) is 5.40. The smallest absolute Gasteiger partial charge is 0.353 e. The third-order valence-electron chi connectivity index (χ3n) is 3.54. The van der Waals surface area contributed by atoms with E-state index in [-0.39, 0.29) is 16.1 Å². The Morgan fingerprint density at radius 3 is 2.12 bits per heavy atom. The molecule has 1 aromatic carbocycles. The molecule has 0 aliphatic rings. The summed E-state index contributed by atoms with van der Waals surface area (Å²) in [6, 6.07) is 5.04. The lowest BCUT2D eigenvalue weighted by Crippen LogP contribution is -2.40. The molecule has 0 atom stereocenters. The molecule has 0 aliphatic heterocycles. The van der Waals surface area contributed by atoms with Crippen molar-refractivity contribution in [2.75, 3.05) is 18.0 Å². The second-order valence-electron chi connectivity index (χ2n) is 5.73. The van der Waals surface area contributed by atoms with Crippen LogP contribution in [0.1, 0.15) is 18.9 Å². The van der Waals surface area contributed by atoms with E-state index >= 15 is 0 Å². The third-order valence-corrected chi connectivity index (χ3v) is 3.54. The highest BCUT2D eigenvalue weighted by molar-refractivity contribution is 5.85. The number of H-pyrrole nitrogens is 1. The van der Waals surface area contributed by atoms with E-state index in [1.54, 1.807) is 0 Å². The second kappa shape index (κ2) is 6.97. The molecule has 1 N–H and O–H groups in total. The van der Waals surface area contributed by atoms with Gasteiger partial charge < -0.3 is 9.88 Å². The molecule has 0 fully saturated rings. The molecule has 25 heavy (non-hydrogen) atoms. The summed E-state index contributed by atoms with van der Waals surface area (Å²) in [6.45, 7) is -1.58. The molecule has 0 spiro atoms. The lowest BCUT2D eigenvalue weighted by Gasteiger charge is -2.27. The number of halogens is 6. The van der Waals surface area contributed by atoms with E-state index in [2.05, 4.69) is 4.98 Å². The van der Waals surface area contributed by atoms with Crippen LogP contribution < -0.4 is 10.5 Å². The summed E-state index contributed by atoms with van der Waals surface area (Å²) in [4.78, 5) is 14.4. The van der Waals surface area contributed by atoms with Crippen LogP contribution in [0.4, 0.5) is 32.0 Å². The first-order valence-electron chi connectivity index (χ1n) is 7.53. The zero-order valence-corrected chi connectivity index (χ0v) is 13.3. The van der Waals surface area contributed by atoms with E-state index in [9.17, 15) is 31.1 Å². The molecule has 0 saturated carbocycles. The highest BCUT2D eigenvalue weighted by Gasteiger charge is 2.37. The molecule has 0 saturated heterocycles. The first-order chi connectivity index (χ1) is 11.5. The van der Waals surface area contributed by atoms with E-state index < -0.39 is 25.4 Å². The van der Waals surface area contributed by atoms with Crippen molar-refractivity contribution in [2.45, 2.75) is 32.1 Å². The molecule has 2 rings (SSSR count). The molecular formula is C16H16F6N2O. The van der Waals surface area contributed by atoms with Crippen molar-refractivity contribution in [3.63, 3.8) is 0 Å². The number of aryl methyl sites for hydroxylation is 1. The summed E-state index contributed by atoms with van der Waals surface area (Å²) in [5.41, 5.74) is 0.387. The molecule has 138 valence electrons. The Hall–Kier alpha value is -2.19. The van der Waals surface area contributed by atoms with Gasteiger partial charge in [-0.15, -0.1) is 0 Å². The van der Waals surface area contributed by atoms with Crippen molar-refractivity contribution in [1.29, 1.82) is 0 Å². The van der Waals surface area contributed by atoms with Crippen molar-refractivity contribution < 1.29 is 26.3 Å². The lowest BCUT2D eigenvalue weighted by molar-refractivity contribution is -0.137. The van der Waals surface area contributed by atoms with E-state index in [4.69, 9.17) is 0 Å². The van der Waals surface area contributed by atoms with E-state index in [0.717, 1.165) is 6.07 Å². The molecule has 9 heteroatoms. The van der Waals surface area contributed by atoms with Gasteiger partial charge in [0, 0.05) is 22.7 Å². The summed E-state index contributed by atoms with van der Waals surface area (Å²) >= 11 is 0. The van der Waals surface area contributed by atoms with Crippen LogP contribution in [-0.2, 0) is 6.42 Å². The van der Waals surface area contributed by atoms with Gasteiger partial charge in [-0.25, -0.2) is 0 Å². The molecule has 3 nitrogen and oxygen atoms in total. The van der Waals surface area contributed by atoms with Gasteiger partial charge in [-0.1, -0.05) is 13.3 Å². The van der Waals surface area contributed by atoms with Gasteiger partial charge in [0.15, 0.2) is 0 Å². The number of benzene rings is 1. The van der Waals surface area contributed by atoms with Gasteiger partial charge in [0.25, 0.3) is 0 Å². The Labute approximate surface area is 139 Å². The van der Waals surface area contributed by atoms with Crippen molar-refractivity contribution in [2.24, 2.45) is 0 Å². The molecule has 1 heterocycles. The maximum absolute atomic E-state index is 12.7. The standard InChI is InChI=1S/C16H16F6N2O/c1-2-3-10-6-14(25)23-13-5-4-11(7-12(10)13)24(8-15(17,18)19)9-16(20,21)22/h4-7H,2-3,8-9H2,1H3,(H,23,25). The second-order valence-corrected chi connectivity index (χ2v) is 5.73. The molecule has 0 radical (unpaired) electrons. The number of pyridine rings is 1. The van der Waals surface area contributed by atoms with Crippen molar-refractivity contribution in [1.82, 2.24) is 4.98 Å². The minimum Gasteiger partial charge on any atom is -0.353 e. The van der Waals surface area contributed by atoms with Gasteiger partial charge in [0.2, 0.25) is 5.56 Å². The first kappa shape index (κ1) is 19.1. The van der Waals surface area contributed by atoms with Crippen LogP contribution in [0.15, 0.2) is 29.1 Å². The fourth-order valence-electron chi connectivity index (χ4n) is 2.66. The largest absolute Gasteiger partial charge is 0.405 e.